The maximum absolute atomic E-state index is 12.0. The van der Waals surface area contributed by atoms with Gasteiger partial charge in [-0.15, -0.1) is 0 Å². The first kappa shape index (κ1) is 29.4. The normalized spacial score (nSPS) is 16.6. The molecule has 0 radical (unpaired) electrons. The number of carbonyl (C=O) groups excluding carboxylic acids is 1. The lowest BCUT2D eigenvalue weighted by molar-refractivity contribution is -0.117. The minimum Gasteiger partial charge on any atom is -0.495 e. The van der Waals surface area contributed by atoms with Gasteiger partial charge in [-0.3, -0.25) is 9.48 Å². The molecule has 5 rings (SSSR count). The van der Waals surface area contributed by atoms with E-state index in [1.807, 2.05) is 25.4 Å². The Morgan fingerprint density at radius 1 is 1.17 bits per heavy atom. The Morgan fingerprint density at radius 3 is 2.60 bits per heavy atom. The van der Waals surface area contributed by atoms with E-state index < -0.39 is 0 Å². The summed E-state index contributed by atoms with van der Waals surface area (Å²) in [5.41, 5.74) is 1.96. The summed E-state index contributed by atoms with van der Waals surface area (Å²) in [6.45, 7) is 5.00. The van der Waals surface area contributed by atoms with Crippen molar-refractivity contribution in [2.75, 3.05) is 38.1 Å². The number of benzene rings is 1. The number of aromatic nitrogens is 4. The molecule has 220 valence electrons. The molecule has 1 fully saturated rings. The number of hydrogen-bond acceptors (Lipinski definition) is 9. The third kappa shape index (κ3) is 6.23. The predicted molar refractivity (Wildman–Crippen MR) is 164 cm³/mol. The van der Waals surface area contributed by atoms with Gasteiger partial charge >= 0.3 is 0 Å². The van der Waals surface area contributed by atoms with Crippen LogP contribution >= 0.6 is 23.2 Å². The summed E-state index contributed by atoms with van der Waals surface area (Å²) in [7, 11) is 4.91. The Bertz CT molecular complexity index is 1600. The number of methoxy groups -OCH3 is 2. The molecule has 1 aliphatic rings. The maximum atomic E-state index is 12.0. The smallest absolute Gasteiger partial charge is 0.243 e. The summed E-state index contributed by atoms with van der Waals surface area (Å²) in [5.74, 6) is 1.77. The molecule has 0 saturated carbocycles. The zero-order valence-electron chi connectivity index (χ0n) is 23.4. The van der Waals surface area contributed by atoms with E-state index in [4.69, 9.17) is 42.4 Å². The number of amides is 1. The van der Waals surface area contributed by atoms with Crippen molar-refractivity contribution in [3.8, 4) is 22.8 Å². The van der Waals surface area contributed by atoms with Crippen molar-refractivity contribution in [3.05, 3.63) is 65.1 Å². The number of anilines is 2. The number of nitrogens with one attached hydrogen (secondary N) is 3. The number of hydrogen-bond donors (Lipinski definition) is 3. The van der Waals surface area contributed by atoms with Crippen LogP contribution in [0.25, 0.3) is 22.0 Å². The summed E-state index contributed by atoms with van der Waals surface area (Å²) >= 11 is 13.5. The highest BCUT2D eigenvalue weighted by Crippen LogP contribution is 2.46. The zero-order chi connectivity index (χ0) is 29.8. The Labute approximate surface area is 253 Å². The number of pyridine rings is 2. The van der Waals surface area contributed by atoms with Crippen molar-refractivity contribution < 1.29 is 19.0 Å². The molecule has 1 amide bonds. The average molecular weight is 613 g/mol. The van der Waals surface area contributed by atoms with Crippen LogP contribution in [0.2, 0.25) is 10.0 Å². The van der Waals surface area contributed by atoms with E-state index in [0.29, 0.717) is 70.6 Å². The summed E-state index contributed by atoms with van der Waals surface area (Å²) in [6.07, 6.45) is 7.39. The lowest BCUT2D eigenvalue weighted by atomic mass is 10.0. The number of ether oxygens (including phenoxy) is 3. The molecule has 11 nitrogen and oxygen atoms in total. The summed E-state index contributed by atoms with van der Waals surface area (Å²) in [6, 6.07) is 5.08. The zero-order valence-corrected chi connectivity index (χ0v) is 24.9. The van der Waals surface area contributed by atoms with Crippen molar-refractivity contribution in [2.24, 2.45) is 7.05 Å². The maximum Gasteiger partial charge on any atom is 0.243 e. The van der Waals surface area contributed by atoms with Gasteiger partial charge in [-0.1, -0.05) is 29.8 Å². The first-order chi connectivity index (χ1) is 20.3. The highest BCUT2D eigenvalue weighted by Gasteiger charge is 2.27. The molecule has 1 aliphatic heterocycles. The Balaban J connectivity index is 1.57. The van der Waals surface area contributed by atoms with Gasteiger partial charge in [0, 0.05) is 60.6 Å². The quantitative estimate of drug-likeness (QED) is 0.216. The minimum atomic E-state index is -0.231. The minimum absolute atomic E-state index is 0.141. The SMILES string of the molecule is C=CC(=O)NC1CCOC[C@H]1Nc1cc2c(NCc3cnn(C)c3)nc(-c3c(Cl)c(OC)cc(OC)c3Cl)cc2cn1. The van der Waals surface area contributed by atoms with E-state index in [-0.39, 0.29) is 18.0 Å². The standard InChI is InChI=1S/C29H31Cl2N7O4/c1-5-25(39)36-19-6-7-42-15-21(19)35-24-9-18-17(13-32-24)8-20(37-29(18)33-11-16-12-34-38(2)14-16)26-27(30)22(40-3)10-23(41-4)28(26)31/h5,8-10,12-14,19,21H,1,6-7,11,15H2,2-4H3,(H,32,35)(H,33,37)(H,36,39)/t19?,21-/m1/s1. The van der Waals surface area contributed by atoms with Gasteiger partial charge in [-0.05, 0) is 24.6 Å². The molecule has 4 heterocycles. The molecule has 3 N–H and O–H groups in total. The molecular formula is C29H31Cl2N7O4. The molecule has 1 unspecified atom stereocenters. The second kappa shape index (κ2) is 12.8. The van der Waals surface area contributed by atoms with Crippen LogP contribution in [0.15, 0.2) is 49.4 Å². The van der Waals surface area contributed by atoms with Crippen LogP contribution in [0.5, 0.6) is 11.5 Å². The fourth-order valence-corrected chi connectivity index (χ4v) is 5.53. The second-order valence-corrected chi connectivity index (χ2v) is 10.5. The molecular weight excluding hydrogens is 581 g/mol. The molecule has 4 aromatic rings. The van der Waals surface area contributed by atoms with E-state index in [9.17, 15) is 4.79 Å². The van der Waals surface area contributed by atoms with Crippen molar-refractivity contribution >= 4 is 51.5 Å². The van der Waals surface area contributed by atoms with Crippen LogP contribution in [0.1, 0.15) is 12.0 Å². The van der Waals surface area contributed by atoms with E-state index in [0.717, 1.165) is 16.3 Å². The number of carbonyl (C=O) groups is 1. The number of fused-ring (bicyclic) bond motifs is 1. The average Bonchev–Trinajstić information content (AvgIpc) is 3.42. The summed E-state index contributed by atoms with van der Waals surface area (Å²) < 4.78 is 18.4. The molecule has 42 heavy (non-hydrogen) atoms. The van der Waals surface area contributed by atoms with Crippen LogP contribution in [-0.4, -0.2) is 65.2 Å². The fraction of sp³-hybridized carbons (Fsp3) is 0.310. The van der Waals surface area contributed by atoms with Crippen LogP contribution in [0.4, 0.5) is 11.6 Å². The van der Waals surface area contributed by atoms with Crippen molar-refractivity contribution in [3.63, 3.8) is 0 Å². The van der Waals surface area contributed by atoms with Crippen molar-refractivity contribution in [2.45, 2.75) is 25.0 Å². The van der Waals surface area contributed by atoms with Crippen LogP contribution in [-0.2, 0) is 23.1 Å². The number of nitrogens with zero attached hydrogens (tertiary/aromatic N) is 4. The van der Waals surface area contributed by atoms with Crippen molar-refractivity contribution in [1.82, 2.24) is 25.1 Å². The number of rotatable bonds is 10. The van der Waals surface area contributed by atoms with Crippen LogP contribution < -0.4 is 25.4 Å². The van der Waals surface area contributed by atoms with E-state index in [2.05, 4.69) is 32.6 Å². The predicted octanol–water partition coefficient (Wildman–Crippen LogP) is 4.84. The van der Waals surface area contributed by atoms with E-state index in [1.165, 1.54) is 20.3 Å². The second-order valence-electron chi connectivity index (χ2n) is 9.74. The highest BCUT2D eigenvalue weighted by atomic mass is 35.5. The molecule has 0 aliphatic carbocycles. The molecule has 1 aromatic carbocycles. The topological polar surface area (TPSA) is 124 Å². The van der Waals surface area contributed by atoms with Crippen LogP contribution in [0, 0.1) is 0 Å². The van der Waals surface area contributed by atoms with Gasteiger partial charge in [-0.2, -0.15) is 5.10 Å². The summed E-state index contributed by atoms with van der Waals surface area (Å²) in [5, 5.41) is 16.3. The molecule has 3 aromatic heterocycles. The third-order valence-electron chi connectivity index (χ3n) is 6.97. The third-order valence-corrected chi connectivity index (χ3v) is 7.72. The lowest BCUT2D eigenvalue weighted by Gasteiger charge is -2.32. The van der Waals surface area contributed by atoms with Gasteiger partial charge in [0.25, 0.3) is 0 Å². The Morgan fingerprint density at radius 2 is 1.93 bits per heavy atom. The Kier molecular flexibility index (Phi) is 9.00. The van der Waals surface area contributed by atoms with Gasteiger partial charge in [-0.25, -0.2) is 9.97 Å². The van der Waals surface area contributed by atoms with Gasteiger partial charge < -0.3 is 30.2 Å². The monoisotopic (exact) mass is 611 g/mol. The van der Waals surface area contributed by atoms with Gasteiger partial charge in [0.05, 0.1) is 54.8 Å². The van der Waals surface area contributed by atoms with Gasteiger partial charge in [0.2, 0.25) is 5.91 Å². The molecule has 13 heteroatoms. The first-order valence-electron chi connectivity index (χ1n) is 13.2. The summed E-state index contributed by atoms with van der Waals surface area (Å²) in [4.78, 5) is 21.6. The molecule has 1 saturated heterocycles. The van der Waals surface area contributed by atoms with Crippen molar-refractivity contribution in [1.29, 1.82) is 0 Å². The molecule has 0 spiro atoms. The van der Waals surface area contributed by atoms with Crippen LogP contribution in [0.3, 0.4) is 0 Å². The molecule has 2 atom stereocenters. The number of halogens is 2. The largest absolute Gasteiger partial charge is 0.495 e. The van der Waals surface area contributed by atoms with E-state index in [1.54, 1.807) is 23.1 Å². The lowest BCUT2D eigenvalue weighted by Crippen LogP contribution is -2.52. The highest BCUT2D eigenvalue weighted by molar-refractivity contribution is 6.41. The fourth-order valence-electron chi connectivity index (χ4n) is 4.83. The first-order valence-corrected chi connectivity index (χ1v) is 14.0. The van der Waals surface area contributed by atoms with Gasteiger partial charge in [0.1, 0.15) is 23.1 Å². The molecule has 0 bridgehead atoms. The number of aryl methyl sites for hydroxylation is 1. The van der Waals surface area contributed by atoms with Gasteiger partial charge in [0.15, 0.2) is 0 Å². The van der Waals surface area contributed by atoms with E-state index >= 15 is 0 Å². The Hall–Kier alpha value is -4.06.